The van der Waals surface area contributed by atoms with Crippen molar-refractivity contribution in [1.82, 2.24) is 0 Å². The Labute approximate surface area is 83.9 Å². The van der Waals surface area contributed by atoms with Crippen molar-refractivity contribution < 1.29 is 9.59 Å². The van der Waals surface area contributed by atoms with Gasteiger partial charge in [0.05, 0.1) is 0 Å². The minimum absolute atomic E-state index is 0.00806. The number of aryl methyl sites for hydroxylation is 1. The second-order valence-electron chi connectivity index (χ2n) is 3.58. The molecule has 0 aromatic heterocycles. The van der Waals surface area contributed by atoms with Crippen molar-refractivity contribution >= 4 is 12.1 Å². The Hall–Kier alpha value is -1.44. The third kappa shape index (κ3) is 1.60. The van der Waals surface area contributed by atoms with Gasteiger partial charge < -0.3 is 0 Å². The molecule has 0 N–H and O–H groups in total. The fraction of sp³-hybridized carbons (Fsp3) is 0.333. The van der Waals surface area contributed by atoms with Gasteiger partial charge in [-0.15, -0.1) is 0 Å². The molecule has 0 heterocycles. The van der Waals surface area contributed by atoms with E-state index in [9.17, 15) is 9.59 Å². The first-order valence-corrected chi connectivity index (χ1v) is 4.56. The van der Waals surface area contributed by atoms with Crippen LogP contribution in [0, 0.1) is 20.8 Å². The SMILES string of the molecule is CC(=O)c1cc(C)c(C)c(C=O)c1C. The number of carbonyl (C=O) groups excluding carboxylic acids is 2. The van der Waals surface area contributed by atoms with Gasteiger partial charge in [0, 0.05) is 11.1 Å². The van der Waals surface area contributed by atoms with E-state index < -0.39 is 0 Å². The normalized spacial score (nSPS) is 10.0. The van der Waals surface area contributed by atoms with E-state index in [1.807, 2.05) is 26.8 Å². The number of hydrogen-bond acceptors (Lipinski definition) is 2. The number of hydrogen-bond donors (Lipinski definition) is 0. The summed E-state index contributed by atoms with van der Waals surface area (Å²) in [4.78, 5) is 22.1. The lowest BCUT2D eigenvalue weighted by Crippen LogP contribution is -2.04. The summed E-state index contributed by atoms with van der Waals surface area (Å²) in [5, 5.41) is 0. The summed E-state index contributed by atoms with van der Waals surface area (Å²) in [5.41, 5.74) is 4.03. The number of aldehydes is 1. The Kier molecular flexibility index (Phi) is 2.84. The van der Waals surface area contributed by atoms with Gasteiger partial charge in [0.15, 0.2) is 12.1 Å². The van der Waals surface area contributed by atoms with Crippen LogP contribution in [-0.2, 0) is 0 Å². The third-order valence-corrected chi connectivity index (χ3v) is 2.66. The number of carbonyl (C=O) groups is 2. The number of ketones is 1. The largest absolute Gasteiger partial charge is 0.298 e. The van der Waals surface area contributed by atoms with E-state index in [0.717, 1.165) is 23.0 Å². The molecule has 0 aliphatic carbocycles. The van der Waals surface area contributed by atoms with Crippen molar-refractivity contribution in [3.05, 3.63) is 33.9 Å². The molecule has 0 unspecified atom stereocenters. The maximum Gasteiger partial charge on any atom is 0.160 e. The van der Waals surface area contributed by atoms with Gasteiger partial charge in [0.1, 0.15) is 0 Å². The molecule has 2 heteroatoms. The second kappa shape index (κ2) is 3.74. The minimum atomic E-state index is 0.00806. The average Bonchev–Trinajstić information content (AvgIpc) is 2.12. The molecule has 0 amide bonds. The van der Waals surface area contributed by atoms with Crippen LogP contribution < -0.4 is 0 Å². The highest BCUT2D eigenvalue weighted by Crippen LogP contribution is 2.20. The minimum Gasteiger partial charge on any atom is -0.298 e. The first-order chi connectivity index (χ1) is 6.49. The molecule has 0 fully saturated rings. The zero-order chi connectivity index (χ0) is 10.9. The lowest BCUT2D eigenvalue weighted by molar-refractivity contribution is 0.101. The molecular weight excluding hydrogens is 176 g/mol. The lowest BCUT2D eigenvalue weighted by atomic mass is 9.93. The third-order valence-electron chi connectivity index (χ3n) is 2.66. The van der Waals surface area contributed by atoms with E-state index in [4.69, 9.17) is 0 Å². The Bertz CT molecular complexity index is 403. The standard InChI is InChI=1S/C12H14O2/c1-7-5-11(10(4)14)9(3)12(6-13)8(7)2/h5-6H,1-4H3. The molecule has 0 aliphatic heterocycles. The number of rotatable bonds is 2. The van der Waals surface area contributed by atoms with Crippen LogP contribution in [0.4, 0.5) is 0 Å². The molecule has 2 nitrogen and oxygen atoms in total. The van der Waals surface area contributed by atoms with Gasteiger partial charge in [0.2, 0.25) is 0 Å². The molecule has 0 saturated carbocycles. The molecular formula is C12H14O2. The molecule has 1 rings (SSSR count). The predicted molar refractivity (Wildman–Crippen MR) is 56.0 cm³/mol. The van der Waals surface area contributed by atoms with E-state index in [2.05, 4.69) is 0 Å². The van der Waals surface area contributed by atoms with Crippen LogP contribution in [0.15, 0.2) is 6.07 Å². The van der Waals surface area contributed by atoms with Gasteiger partial charge in [0.25, 0.3) is 0 Å². The summed E-state index contributed by atoms with van der Waals surface area (Å²) in [6.45, 7) is 7.14. The maximum atomic E-state index is 11.3. The molecule has 0 bridgehead atoms. The molecule has 74 valence electrons. The summed E-state index contributed by atoms with van der Waals surface area (Å²) in [5.74, 6) is 0.00806. The van der Waals surface area contributed by atoms with E-state index in [-0.39, 0.29) is 5.78 Å². The smallest absolute Gasteiger partial charge is 0.160 e. The summed E-state index contributed by atoms with van der Waals surface area (Å²) >= 11 is 0. The summed E-state index contributed by atoms with van der Waals surface area (Å²) in [6, 6.07) is 1.85. The Balaban J connectivity index is 3.58. The Morgan fingerprint density at radius 2 is 1.79 bits per heavy atom. The van der Waals surface area contributed by atoms with Crippen molar-refractivity contribution in [2.75, 3.05) is 0 Å². The van der Waals surface area contributed by atoms with Crippen LogP contribution in [0.3, 0.4) is 0 Å². The molecule has 1 aromatic carbocycles. The van der Waals surface area contributed by atoms with Gasteiger partial charge in [-0.2, -0.15) is 0 Å². The average molecular weight is 190 g/mol. The first kappa shape index (κ1) is 10.6. The van der Waals surface area contributed by atoms with Crippen LogP contribution in [0.25, 0.3) is 0 Å². The molecule has 0 spiro atoms. The zero-order valence-corrected chi connectivity index (χ0v) is 8.97. The van der Waals surface area contributed by atoms with Gasteiger partial charge in [-0.05, 0) is 50.5 Å². The van der Waals surface area contributed by atoms with Gasteiger partial charge in [-0.25, -0.2) is 0 Å². The fourth-order valence-corrected chi connectivity index (χ4v) is 1.61. The zero-order valence-electron chi connectivity index (χ0n) is 8.97. The lowest BCUT2D eigenvalue weighted by Gasteiger charge is -2.10. The van der Waals surface area contributed by atoms with Crippen molar-refractivity contribution in [2.45, 2.75) is 27.7 Å². The van der Waals surface area contributed by atoms with E-state index in [0.29, 0.717) is 11.1 Å². The van der Waals surface area contributed by atoms with E-state index >= 15 is 0 Å². The Morgan fingerprint density at radius 1 is 1.21 bits per heavy atom. The molecule has 0 saturated heterocycles. The summed E-state index contributed by atoms with van der Waals surface area (Å²) < 4.78 is 0. The molecule has 1 aromatic rings. The van der Waals surface area contributed by atoms with Gasteiger partial charge >= 0.3 is 0 Å². The monoisotopic (exact) mass is 190 g/mol. The molecule has 0 atom stereocenters. The van der Waals surface area contributed by atoms with Crippen LogP contribution >= 0.6 is 0 Å². The second-order valence-corrected chi connectivity index (χ2v) is 3.58. The molecule has 0 aliphatic rings. The first-order valence-electron chi connectivity index (χ1n) is 4.56. The van der Waals surface area contributed by atoms with E-state index in [1.165, 1.54) is 6.92 Å². The highest BCUT2D eigenvalue weighted by Gasteiger charge is 2.12. The van der Waals surface area contributed by atoms with Gasteiger partial charge in [-0.1, -0.05) is 0 Å². The number of benzene rings is 1. The predicted octanol–water partition coefficient (Wildman–Crippen LogP) is 2.63. The molecule has 14 heavy (non-hydrogen) atoms. The highest BCUT2D eigenvalue weighted by atomic mass is 16.1. The van der Waals surface area contributed by atoms with Crippen LogP contribution in [0.1, 0.15) is 44.3 Å². The van der Waals surface area contributed by atoms with Crippen LogP contribution in [0.5, 0.6) is 0 Å². The quantitative estimate of drug-likeness (QED) is 0.530. The van der Waals surface area contributed by atoms with Crippen LogP contribution in [-0.4, -0.2) is 12.1 Å². The topological polar surface area (TPSA) is 34.1 Å². The maximum absolute atomic E-state index is 11.3. The highest BCUT2D eigenvalue weighted by molar-refractivity contribution is 5.98. The van der Waals surface area contributed by atoms with Crippen molar-refractivity contribution in [3.8, 4) is 0 Å². The van der Waals surface area contributed by atoms with Crippen molar-refractivity contribution in [1.29, 1.82) is 0 Å². The molecule has 0 radical (unpaired) electrons. The van der Waals surface area contributed by atoms with Crippen LogP contribution in [0.2, 0.25) is 0 Å². The fourth-order valence-electron chi connectivity index (χ4n) is 1.61. The van der Waals surface area contributed by atoms with Crippen molar-refractivity contribution in [2.24, 2.45) is 0 Å². The van der Waals surface area contributed by atoms with Gasteiger partial charge in [-0.3, -0.25) is 9.59 Å². The Morgan fingerprint density at radius 3 is 2.21 bits per heavy atom. The summed E-state index contributed by atoms with van der Waals surface area (Å²) in [6.07, 6.45) is 0.824. The number of Topliss-reactive ketones (excluding diaryl/α,β-unsaturated/α-hetero) is 1. The van der Waals surface area contributed by atoms with E-state index in [1.54, 1.807) is 0 Å². The van der Waals surface area contributed by atoms with Crippen molar-refractivity contribution in [3.63, 3.8) is 0 Å². The summed E-state index contributed by atoms with van der Waals surface area (Å²) in [7, 11) is 0.